The third-order valence-corrected chi connectivity index (χ3v) is 8.78. The number of fused-ring (bicyclic) bond motifs is 8. The first-order valence-electron chi connectivity index (χ1n) is 14.7. The molecular formula is C39H22N4O. The largest absolute Gasteiger partial charge is 0.439 e. The third kappa shape index (κ3) is 3.21. The Morgan fingerprint density at radius 1 is 0.455 bits per heavy atom. The smallest absolute Gasteiger partial charge is 0.213 e. The van der Waals surface area contributed by atoms with E-state index in [2.05, 4.69) is 65.1 Å². The fourth-order valence-corrected chi connectivity index (χ4v) is 6.83. The molecule has 0 bridgehead atoms. The summed E-state index contributed by atoms with van der Waals surface area (Å²) in [5.41, 5.74) is 6.82. The van der Waals surface area contributed by atoms with Crippen molar-refractivity contribution in [3.63, 3.8) is 0 Å². The Bertz CT molecular complexity index is 2650. The van der Waals surface area contributed by atoms with Crippen LogP contribution in [0.2, 0.25) is 0 Å². The zero-order chi connectivity index (χ0) is 28.8. The molecule has 4 heterocycles. The van der Waals surface area contributed by atoms with Crippen molar-refractivity contribution in [2.45, 2.75) is 0 Å². The SMILES string of the molecule is c1ccc(-c2nc(-c3ccccc3)nc(-c3ccc4oc5c(c4c3)c3cccc4ccc6c7ccccc7n5c6c43)n2)cc1. The standard InChI is InChI=1S/C39H22N4O/c1-3-10-24(11-4-1)36-40-37(25-12-5-2-6-13-25)42-38(41-36)26-19-21-32-30(22-26)34-29-16-9-14-23-18-20-28-27-15-7-8-17-31(27)43(39(34)44-32)35(28)33(23)29/h1-22H. The highest BCUT2D eigenvalue weighted by molar-refractivity contribution is 6.31. The minimum absolute atomic E-state index is 0.623. The molecule has 0 atom stereocenters. The summed E-state index contributed by atoms with van der Waals surface area (Å²) in [6.45, 7) is 0. The van der Waals surface area contributed by atoms with Gasteiger partial charge in [0.2, 0.25) is 5.71 Å². The summed E-state index contributed by atoms with van der Waals surface area (Å²) in [5, 5.41) is 8.23. The van der Waals surface area contributed by atoms with Crippen LogP contribution in [0.5, 0.6) is 0 Å². The summed E-state index contributed by atoms with van der Waals surface area (Å²) in [4.78, 5) is 14.8. The number of hydrogen-bond donors (Lipinski definition) is 0. The number of hydrogen-bond acceptors (Lipinski definition) is 4. The third-order valence-electron chi connectivity index (χ3n) is 8.78. The Morgan fingerprint density at radius 2 is 1.11 bits per heavy atom. The van der Waals surface area contributed by atoms with E-state index >= 15 is 0 Å². The average molecular weight is 563 g/mol. The van der Waals surface area contributed by atoms with Crippen LogP contribution in [0.4, 0.5) is 0 Å². The summed E-state index contributed by atoms with van der Waals surface area (Å²) in [6.07, 6.45) is 0. The average Bonchev–Trinajstić information content (AvgIpc) is 3.65. The normalized spacial score (nSPS) is 12.1. The predicted octanol–water partition coefficient (Wildman–Crippen LogP) is 9.92. The van der Waals surface area contributed by atoms with E-state index in [0.29, 0.717) is 17.5 Å². The van der Waals surface area contributed by atoms with E-state index in [0.717, 1.165) is 44.3 Å². The van der Waals surface area contributed by atoms with Gasteiger partial charge in [-0.2, -0.15) is 0 Å². The summed E-state index contributed by atoms with van der Waals surface area (Å²) in [7, 11) is 0. The van der Waals surface area contributed by atoms with E-state index in [1.54, 1.807) is 0 Å². The number of furan rings is 1. The molecule has 5 heteroatoms. The number of benzene rings is 6. The second-order valence-corrected chi connectivity index (χ2v) is 11.2. The first-order chi connectivity index (χ1) is 21.8. The van der Waals surface area contributed by atoms with E-state index in [4.69, 9.17) is 19.4 Å². The summed E-state index contributed by atoms with van der Waals surface area (Å²) >= 11 is 0. The van der Waals surface area contributed by atoms with Gasteiger partial charge in [0.05, 0.1) is 16.4 Å². The molecule has 4 aromatic heterocycles. The van der Waals surface area contributed by atoms with Crippen LogP contribution >= 0.6 is 0 Å². The molecule has 0 saturated carbocycles. The molecule has 0 aliphatic heterocycles. The van der Waals surface area contributed by atoms with Crippen LogP contribution in [0.3, 0.4) is 0 Å². The molecule has 6 aromatic carbocycles. The number of pyridine rings is 1. The summed E-state index contributed by atoms with van der Waals surface area (Å²) in [5.74, 6) is 1.91. The monoisotopic (exact) mass is 562 g/mol. The molecule has 10 aromatic rings. The maximum absolute atomic E-state index is 6.72. The first-order valence-corrected chi connectivity index (χ1v) is 14.7. The van der Waals surface area contributed by atoms with Crippen molar-refractivity contribution >= 4 is 60.0 Å². The van der Waals surface area contributed by atoms with E-state index in [1.165, 1.54) is 32.4 Å². The van der Waals surface area contributed by atoms with Gasteiger partial charge in [-0.1, -0.05) is 109 Å². The van der Waals surface area contributed by atoms with Crippen LogP contribution < -0.4 is 0 Å². The van der Waals surface area contributed by atoms with Crippen molar-refractivity contribution in [1.29, 1.82) is 0 Å². The topological polar surface area (TPSA) is 56.2 Å². The van der Waals surface area contributed by atoms with Crippen molar-refractivity contribution in [2.75, 3.05) is 0 Å². The Balaban J connectivity index is 1.30. The van der Waals surface area contributed by atoms with Crippen molar-refractivity contribution in [3.05, 3.63) is 133 Å². The molecule has 0 amide bonds. The van der Waals surface area contributed by atoms with Gasteiger partial charge in [-0.25, -0.2) is 15.0 Å². The second kappa shape index (κ2) is 8.72. The Labute approximate surface area is 251 Å². The molecule has 0 spiro atoms. The van der Waals surface area contributed by atoms with Crippen LogP contribution in [-0.4, -0.2) is 19.4 Å². The van der Waals surface area contributed by atoms with Gasteiger partial charge in [0, 0.05) is 38.2 Å². The highest BCUT2D eigenvalue weighted by Crippen LogP contribution is 2.44. The van der Waals surface area contributed by atoms with Crippen molar-refractivity contribution in [3.8, 4) is 34.2 Å². The Kier molecular flexibility index (Phi) is 4.66. The highest BCUT2D eigenvalue weighted by atomic mass is 16.3. The molecule has 44 heavy (non-hydrogen) atoms. The van der Waals surface area contributed by atoms with Crippen molar-refractivity contribution in [2.24, 2.45) is 0 Å². The zero-order valence-corrected chi connectivity index (χ0v) is 23.4. The van der Waals surface area contributed by atoms with E-state index < -0.39 is 0 Å². The van der Waals surface area contributed by atoms with Gasteiger partial charge < -0.3 is 4.42 Å². The summed E-state index contributed by atoms with van der Waals surface area (Å²) in [6, 6.07) is 46.0. The molecule has 0 unspecified atom stereocenters. The van der Waals surface area contributed by atoms with E-state index in [1.807, 2.05) is 72.8 Å². The lowest BCUT2D eigenvalue weighted by Gasteiger charge is -2.10. The van der Waals surface area contributed by atoms with E-state index in [9.17, 15) is 0 Å². The van der Waals surface area contributed by atoms with Crippen LogP contribution in [0, 0.1) is 0 Å². The summed E-state index contributed by atoms with van der Waals surface area (Å²) < 4.78 is 9.03. The van der Waals surface area contributed by atoms with Crippen LogP contribution in [0.25, 0.3) is 94.2 Å². The lowest BCUT2D eigenvalue weighted by atomic mass is 9.98. The zero-order valence-electron chi connectivity index (χ0n) is 23.4. The Morgan fingerprint density at radius 3 is 1.86 bits per heavy atom. The number of rotatable bonds is 3. The van der Waals surface area contributed by atoms with Gasteiger partial charge in [-0.15, -0.1) is 0 Å². The predicted molar refractivity (Wildman–Crippen MR) is 178 cm³/mol. The highest BCUT2D eigenvalue weighted by Gasteiger charge is 2.22. The number of aromatic nitrogens is 4. The quantitative estimate of drug-likeness (QED) is 0.215. The molecular weight excluding hydrogens is 540 g/mol. The molecule has 0 saturated heterocycles. The van der Waals surface area contributed by atoms with E-state index in [-0.39, 0.29) is 0 Å². The molecule has 204 valence electrons. The van der Waals surface area contributed by atoms with Gasteiger partial charge in [0.15, 0.2) is 17.5 Å². The molecule has 0 N–H and O–H groups in total. The first kappa shape index (κ1) is 23.5. The molecule has 0 aliphatic carbocycles. The van der Waals surface area contributed by atoms with Crippen LogP contribution in [0.1, 0.15) is 0 Å². The molecule has 0 aliphatic rings. The minimum Gasteiger partial charge on any atom is -0.439 e. The lowest BCUT2D eigenvalue weighted by Crippen LogP contribution is -2.00. The molecule has 0 fully saturated rings. The Hall–Kier alpha value is -6.07. The fraction of sp³-hybridized carbons (Fsp3) is 0. The molecule has 10 rings (SSSR count). The minimum atomic E-state index is 0.623. The second-order valence-electron chi connectivity index (χ2n) is 11.2. The van der Waals surface area contributed by atoms with Gasteiger partial charge in [-0.3, -0.25) is 4.40 Å². The number of nitrogens with zero attached hydrogens (tertiary/aromatic N) is 4. The van der Waals surface area contributed by atoms with Gasteiger partial charge in [0.1, 0.15) is 5.58 Å². The lowest BCUT2D eigenvalue weighted by molar-refractivity contribution is 0.651. The number of para-hydroxylation sites is 1. The molecule has 5 nitrogen and oxygen atoms in total. The fourth-order valence-electron chi connectivity index (χ4n) is 6.83. The van der Waals surface area contributed by atoms with Gasteiger partial charge in [0.25, 0.3) is 0 Å². The van der Waals surface area contributed by atoms with Crippen molar-refractivity contribution in [1.82, 2.24) is 19.4 Å². The van der Waals surface area contributed by atoms with Crippen LogP contribution in [0.15, 0.2) is 138 Å². The maximum Gasteiger partial charge on any atom is 0.213 e. The maximum atomic E-state index is 6.72. The van der Waals surface area contributed by atoms with Crippen LogP contribution in [-0.2, 0) is 0 Å². The van der Waals surface area contributed by atoms with Gasteiger partial charge >= 0.3 is 0 Å². The van der Waals surface area contributed by atoms with Crippen molar-refractivity contribution < 1.29 is 4.42 Å². The van der Waals surface area contributed by atoms with Gasteiger partial charge in [-0.05, 0) is 35.0 Å². The molecule has 0 radical (unpaired) electrons.